The molecule has 1 aromatic rings. The van der Waals surface area contributed by atoms with Crippen molar-refractivity contribution in [1.29, 1.82) is 0 Å². The topological polar surface area (TPSA) is 9.23 Å². The maximum atomic E-state index is 12.2. The van der Waals surface area contributed by atoms with Gasteiger partial charge in [-0.3, -0.25) is 0 Å². The summed E-state index contributed by atoms with van der Waals surface area (Å²) in [7, 11) is 0. The molecule has 0 spiro atoms. The van der Waals surface area contributed by atoms with Crippen LogP contribution in [-0.4, -0.2) is 6.61 Å². The first-order valence-electron chi connectivity index (χ1n) is 5.36. The molecule has 88 valence electrons. The zero-order chi connectivity index (χ0) is 11.6. The maximum Gasteiger partial charge on any atom is 0.416 e. The molecule has 1 aromatic carbocycles. The fraction of sp³-hybridized carbons (Fsp3) is 0.500. The van der Waals surface area contributed by atoms with Crippen molar-refractivity contribution in [3.63, 3.8) is 0 Å². The lowest BCUT2D eigenvalue weighted by Gasteiger charge is -2.08. The van der Waals surface area contributed by atoms with Crippen LogP contribution in [0.25, 0.3) is 0 Å². The fourth-order valence-electron chi connectivity index (χ4n) is 1.49. The third kappa shape index (κ3) is 3.15. The van der Waals surface area contributed by atoms with Gasteiger partial charge in [-0.25, -0.2) is 0 Å². The predicted octanol–water partition coefficient (Wildman–Crippen LogP) is 3.88. The first-order chi connectivity index (χ1) is 7.55. The van der Waals surface area contributed by atoms with Crippen LogP contribution in [0, 0.1) is 5.92 Å². The molecule has 0 radical (unpaired) electrons. The van der Waals surface area contributed by atoms with Gasteiger partial charge in [0.25, 0.3) is 0 Å². The van der Waals surface area contributed by atoms with E-state index in [0.29, 0.717) is 12.4 Å². The normalized spacial score (nSPS) is 16.2. The van der Waals surface area contributed by atoms with Gasteiger partial charge in [0.15, 0.2) is 0 Å². The summed E-state index contributed by atoms with van der Waals surface area (Å²) < 4.78 is 42.1. The van der Waals surface area contributed by atoms with Gasteiger partial charge < -0.3 is 4.74 Å². The van der Waals surface area contributed by atoms with Crippen molar-refractivity contribution in [2.45, 2.75) is 25.4 Å². The zero-order valence-electron chi connectivity index (χ0n) is 8.76. The Bertz CT molecular complexity index is 338. The molecule has 0 heterocycles. The van der Waals surface area contributed by atoms with Gasteiger partial charge in [-0.05, 0) is 36.6 Å². The quantitative estimate of drug-likeness (QED) is 0.762. The lowest BCUT2D eigenvalue weighted by atomic mass is 10.2. The molecular weight excluding hydrogens is 217 g/mol. The summed E-state index contributed by atoms with van der Waals surface area (Å²) in [6.07, 6.45) is -0.750. The molecule has 1 nitrogen and oxygen atoms in total. The molecule has 0 aromatic heterocycles. The van der Waals surface area contributed by atoms with E-state index in [2.05, 4.69) is 0 Å². The highest BCUT2D eigenvalue weighted by Crippen LogP contribution is 2.33. The van der Waals surface area contributed by atoms with E-state index in [9.17, 15) is 13.2 Å². The second-order valence-electron chi connectivity index (χ2n) is 4.10. The Hall–Kier alpha value is -1.19. The molecule has 0 bridgehead atoms. The third-order valence-electron chi connectivity index (χ3n) is 2.67. The second-order valence-corrected chi connectivity index (χ2v) is 4.10. The number of benzene rings is 1. The summed E-state index contributed by atoms with van der Waals surface area (Å²) in [5, 5.41) is 0. The highest BCUT2D eigenvalue weighted by atomic mass is 19.4. The Balaban J connectivity index is 1.85. The van der Waals surface area contributed by atoms with Gasteiger partial charge in [-0.1, -0.05) is 12.8 Å². The predicted molar refractivity (Wildman–Crippen MR) is 54.3 cm³/mol. The van der Waals surface area contributed by atoms with Crippen LogP contribution in [0.3, 0.4) is 0 Å². The smallest absolute Gasteiger partial charge is 0.416 e. The van der Waals surface area contributed by atoms with E-state index in [0.717, 1.165) is 24.5 Å². The summed E-state index contributed by atoms with van der Waals surface area (Å²) >= 11 is 0. The minimum Gasteiger partial charge on any atom is -0.494 e. The highest BCUT2D eigenvalue weighted by Gasteiger charge is 2.30. The van der Waals surface area contributed by atoms with Crippen LogP contribution in [-0.2, 0) is 6.18 Å². The maximum absolute atomic E-state index is 12.2. The molecule has 0 saturated heterocycles. The van der Waals surface area contributed by atoms with Crippen molar-refractivity contribution in [3.05, 3.63) is 29.8 Å². The van der Waals surface area contributed by atoms with Gasteiger partial charge in [0.2, 0.25) is 0 Å². The van der Waals surface area contributed by atoms with Crippen LogP contribution in [0.1, 0.15) is 24.8 Å². The van der Waals surface area contributed by atoms with Gasteiger partial charge >= 0.3 is 6.18 Å². The summed E-state index contributed by atoms with van der Waals surface area (Å²) in [5.41, 5.74) is -0.637. The number of rotatable bonds is 4. The summed E-state index contributed by atoms with van der Waals surface area (Å²) in [4.78, 5) is 0. The fourth-order valence-corrected chi connectivity index (χ4v) is 1.49. The van der Waals surface area contributed by atoms with Gasteiger partial charge in [-0.15, -0.1) is 0 Å². The van der Waals surface area contributed by atoms with Crippen molar-refractivity contribution in [2.24, 2.45) is 5.92 Å². The summed E-state index contributed by atoms with van der Waals surface area (Å²) in [5.74, 6) is 1.28. The first-order valence-corrected chi connectivity index (χ1v) is 5.36. The van der Waals surface area contributed by atoms with Gasteiger partial charge in [-0.2, -0.15) is 13.2 Å². The Morgan fingerprint density at radius 2 is 1.75 bits per heavy atom. The molecule has 0 aliphatic heterocycles. The number of alkyl halides is 3. The molecular formula is C12H13F3O. The van der Waals surface area contributed by atoms with E-state index in [1.807, 2.05) is 0 Å². The van der Waals surface area contributed by atoms with E-state index in [-0.39, 0.29) is 0 Å². The van der Waals surface area contributed by atoms with E-state index in [1.54, 1.807) is 0 Å². The van der Waals surface area contributed by atoms with Crippen molar-refractivity contribution >= 4 is 0 Å². The number of hydrogen-bond donors (Lipinski definition) is 0. The molecule has 0 amide bonds. The van der Waals surface area contributed by atoms with Crippen molar-refractivity contribution in [1.82, 2.24) is 0 Å². The number of halogens is 3. The van der Waals surface area contributed by atoms with Crippen LogP contribution < -0.4 is 4.74 Å². The molecule has 1 aliphatic carbocycles. The van der Waals surface area contributed by atoms with Crippen LogP contribution in [0.2, 0.25) is 0 Å². The molecule has 4 heteroatoms. The molecule has 0 unspecified atom stereocenters. The lowest BCUT2D eigenvalue weighted by molar-refractivity contribution is -0.137. The third-order valence-corrected chi connectivity index (χ3v) is 2.67. The Labute approximate surface area is 92.2 Å². The largest absolute Gasteiger partial charge is 0.494 e. The molecule has 16 heavy (non-hydrogen) atoms. The van der Waals surface area contributed by atoms with Gasteiger partial charge in [0.05, 0.1) is 12.2 Å². The van der Waals surface area contributed by atoms with Crippen LogP contribution in [0.15, 0.2) is 24.3 Å². The van der Waals surface area contributed by atoms with Crippen LogP contribution in [0.5, 0.6) is 5.75 Å². The van der Waals surface area contributed by atoms with E-state index in [1.165, 1.54) is 25.0 Å². The standard InChI is InChI=1S/C12H13F3O/c13-12(14,15)10-3-5-11(6-4-10)16-8-7-9-1-2-9/h3-6,9H,1-2,7-8H2. The van der Waals surface area contributed by atoms with Crippen molar-refractivity contribution in [2.75, 3.05) is 6.61 Å². The highest BCUT2D eigenvalue weighted by molar-refractivity contribution is 5.28. The average molecular weight is 230 g/mol. The Morgan fingerprint density at radius 1 is 1.12 bits per heavy atom. The SMILES string of the molecule is FC(F)(F)c1ccc(OCCC2CC2)cc1. The van der Waals surface area contributed by atoms with E-state index in [4.69, 9.17) is 4.74 Å². The minimum absolute atomic E-state index is 0.508. The minimum atomic E-state index is -4.27. The summed E-state index contributed by atoms with van der Waals surface area (Å²) in [6.45, 7) is 0.593. The van der Waals surface area contributed by atoms with Crippen LogP contribution in [0.4, 0.5) is 13.2 Å². The number of hydrogen-bond acceptors (Lipinski definition) is 1. The second kappa shape index (κ2) is 4.36. The molecule has 0 atom stereocenters. The molecule has 2 rings (SSSR count). The number of ether oxygens (including phenoxy) is 1. The van der Waals surface area contributed by atoms with E-state index < -0.39 is 11.7 Å². The molecule has 1 fully saturated rings. The average Bonchev–Trinajstić information content (AvgIpc) is 3.01. The zero-order valence-corrected chi connectivity index (χ0v) is 8.76. The monoisotopic (exact) mass is 230 g/mol. The molecule has 1 aliphatic rings. The van der Waals surface area contributed by atoms with E-state index >= 15 is 0 Å². The van der Waals surface area contributed by atoms with Gasteiger partial charge in [0, 0.05) is 0 Å². The molecule has 1 saturated carbocycles. The summed E-state index contributed by atoms with van der Waals surface area (Å²) in [6, 6.07) is 4.84. The Kier molecular flexibility index (Phi) is 3.08. The molecule has 0 N–H and O–H groups in total. The van der Waals surface area contributed by atoms with Crippen molar-refractivity contribution in [3.8, 4) is 5.75 Å². The lowest BCUT2D eigenvalue weighted by Crippen LogP contribution is -2.04. The van der Waals surface area contributed by atoms with Crippen molar-refractivity contribution < 1.29 is 17.9 Å². The van der Waals surface area contributed by atoms with Gasteiger partial charge in [0.1, 0.15) is 5.75 Å². The first kappa shape index (κ1) is 11.3. The van der Waals surface area contributed by atoms with Crippen LogP contribution >= 0.6 is 0 Å². The Morgan fingerprint density at radius 3 is 2.25 bits per heavy atom.